The summed E-state index contributed by atoms with van der Waals surface area (Å²) in [6.07, 6.45) is -4.74. The van der Waals surface area contributed by atoms with Crippen LogP contribution in [-0.2, 0) is 18.3 Å². The molecule has 22 heteroatoms. The first-order valence-corrected chi connectivity index (χ1v) is 16.4. The molecule has 6 rings (SSSR count). The Morgan fingerprint density at radius 3 is 2.65 bits per heavy atom. The quantitative estimate of drug-likeness (QED) is 0.0882. The Hall–Kier alpha value is -2.88. The summed E-state index contributed by atoms with van der Waals surface area (Å²) in [6, 6.07) is 0. The van der Waals surface area contributed by atoms with Crippen molar-refractivity contribution in [2.45, 2.75) is 53.9 Å². The number of aliphatic hydroxyl groups excluding tert-OH is 3. The molecule has 4 aromatic rings. The monoisotopic (exact) mass is 660 g/mol. The number of fused-ring (bicyclic) bond motifs is 2. The highest BCUT2D eigenvalue weighted by atomic mass is 32.7. The van der Waals surface area contributed by atoms with E-state index in [1.807, 2.05) is 0 Å². The number of H-pyrrole nitrogens is 1. The number of ether oxygens (including phenoxy) is 1. The van der Waals surface area contributed by atoms with Gasteiger partial charge in [0, 0.05) is 6.42 Å². The molecule has 232 valence electrons. The smallest absolute Gasteiger partial charge is 0.386 e. The van der Waals surface area contributed by atoms with Gasteiger partial charge >= 0.3 is 6.80 Å². The van der Waals surface area contributed by atoms with Crippen molar-refractivity contribution >= 4 is 64.9 Å². The van der Waals surface area contributed by atoms with E-state index >= 15 is 4.39 Å². The van der Waals surface area contributed by atoms with Crippen LogP contribution in [0.2, 0.25) is 0 Å². The SMILES string of the molecule is Nc1nc2c(ncn2[C@@H]2S[C@H](CO)[C@@H](O)[C@H]2OP(=O)(S)OCC[C@H]2OC(n3cnc4c(N)ncnc43)[C@@H](F)[C@@H]2O)c(=O)[nH]1. The first-order chi connectivity index (χ1) is 20.5. The predicted octanol–water partition coefficient (Wildman–Crippen LogP) is -0.483. The van der Waals surface area contributed by atoms with Gasteiger partial charge in [0.2, 0.25) is 5.95 Å². The molecular weight excluding hydrogens is 634 g/mol. The van der Waals surface area contributed by atoms with Gasteiger partial charge in [0.1, 0.15) is 29.4 Å². The van der Waals surface area contributed by atoms with Crippen molar-refractivity contribution in [3.8, 4) is 0 Å². The number of nitrogens with zero attached hydrogens (tertiary/aromatic N) is 7. The molecule has 8 N–H and O–H groups in total. The Balaban J connectivity index is 1.13. The minimum Gasteiger partial charge on any atom is -0.395 e. The number of rotatable bonds is 9. The molecule has 0 bridgehead atoms. The Bertz CT molecular complexity index is 1760. The summed E-state index contributed by atoms with van der Waals surface area (Å²) in [5.41, 5.74) is 11.4. The van der Waals surface area contributed by atoms with Crippen LogP contribution in [0.1, 0.15) is 18.0 Å². The number of thiol groups is 1. The number of nitrogens with one attached hydrogen (secondary N) is 1. The number of aromatic amines is 1. The highest BCUT2D eigenvalue weighted by Crippen LogP contribution is 2.58. The van der Waals surface area contributed by atoms with Crippen molar-refractivity contribution in [3.05, 3.63) is 29.3 Å². The van der Waals surface area contributed by atoms with E-state index in [9.17, 15) is 24.7 Å². The summed E-state index contributed by atoms with van der Waals surface area (Å²) in [5, 5.41) is 29.5. The van der Waals surface area contributed by atoms with Gasteiger partial charge in [-0.05, 0) is 0 Å². The predicted molar refractivity (Wildman–Crippen MR) is 153 cm³/mol. The molecule has 2 unspecified atom stereocenters. The third-order valence-electron chi connectivity index (χ3n) is 7.08. The average molecular weight is 661 g/mol. The second kappa shape index (κ2) is 11.6. The Labute approximate surface area is 249 Å². The standard InChI is InChI=1S/C21H26FN10O8PS2/c22-9-12(34)7(39-19(9)31-5-27-10-15(23)25-4-26-16(10)31)1-2-38-41(37,42)40-14-13(35)8(3-33)43-20(14)32-6-28-11-17(32)29-21(24)30-18(11)36/h4-9,12-14,19-20,33-35H,1-3H2,(H,37,42)(H2,23,25,26)(H3,24,29,30,36)/t7-,8-,9+,12-,13-,14-,19?,20-,41?/m1/s1. The van der Waals surface area contributed by atoms with Gasteiger partial charge in [-0.25, -0.2) is 28.9 Å². The third-order valence-corrected chi connectivity index (χ3v) is 10.3. The van der Waals surface area contributed by atoms with E-state index in [4.69, 9.17) is 25.3 Å². The van der Waals surface area contributed by atoms with Gasteiger partial charge in [0.15, 0.2) is 35.0 Å². The number of aromatic nitrogens is 8. The summed E-state index contributed by atoms with van der Waals surface area (Å²) >= 11 is 5.11. The molecule has 0 radical (unpaired) electrons. The van der Waals surface area contributed by atoms with Crippen molar-refractivity contribution in [1.29, 1.82) is 0 Å². The highest BCUT2D eigenvalue weighted by Gasteiger charge is 2.49. The Morgan fingerprint density at radius 2 is 1.88 bits per heavy atom. The lowest BCUT2D eigenvalue weighted by atomic mass is 10.1. The van der Waals surface area contributed by atoms with Crippen molar-refractivity contribution in [1.82, 2.24) is 39.0 Å². The lowest BCUT2D eigenvalue weighted by Gasteiger charge is -2.26. The van der Waals surface area contributed by atoms with Gasteiger partial charge in [-0.2, -0.15) is 4.98 Å². The maximum Gasteiger partial charge on any atom is 0.386 e. The van der Waals surface area contributed by atoms with Crippen molar-refractivity contribution in [2.24, 2.45) is 0 Å². The molecule has 2 aliphatic heterocycles. The molecule has 2 aliphatic rings. The molecule has 0 aliphatic carbocycles. The molecular formula is C21H26FN10O8PS2. The lowest BCUT2D eigenvalue weighted by Crippen LogP contribution is -2.34. The number of aliphatic hydroxyl groups is 3. The minimum absolute atomic E-state index is 0.0278. The van der Waals surface area contributed by atoms with Crippen molar-refractivity contribution in [3.63, 3.8) is 0 Å². The topological polar surface area (TPSA) is 265 Å². The Kier molecular flexibility index (Phi) is 8.11. The Morgan fingerprint density at radius 1 is 1.14 bits per heavy atom. The van der Waals surface area contributed by atoms with E-state index in [2.05, 4.69) is 42.2 Å². The first kappa shape index (κ1) is 30.2. The van der Waals surface area contributed by atoms with E-state index < -0.39 is 66.4 Å². The van der Waals surface area contributed by atoms with Gasteiger partial charge in [0.05, 0.1) is 43.3 Å². The fourth-order valence-corrected chi connectivity index (χ4v) is 8.04. The fraction of sp³-hybridized carbons (Fsp3) is 0.524. The van der Waals surface area contributed by atoms with Gasteiger partial charge in [-0.15, -0.1) is 11.8 Å². The van der Waals surface area contributed by atoms with Crippen molar-refractivity contribution in [2.75, 3.05) is 24.7 Å². The molecule has 0 aromatic carbocycles. The van der Waals surface area contributed by atoms with E-state index in [1.165, 1.54) is 28.1 Å². The number of nitrogen functional groups attached to an aromatic ring is 2. The number of anilines is 2. The number of hydrogen-bond acceptors (Lipinski definition) is 16. The zero-order valence-corrected chi connectivity index (χ0v) is 24.4. The molecule has 43 heavy (non-hydrogen) atoms. The van der Waals surface area contributed by atoms with E-state index in [0.29, 0.717) is 0 Å². The summed E-state index contributed by atoms with van der Waals surface area (Å²) in [5.74, 6) is -0.0735. The summed E-state index contributed by atoms with van der Waals surface area (Å²) in [6.45, 7) is -5.00. The maximum atomic E-state index is 15.1. The van der Waals surface area contributed by atoms with Crippen molar-refractivity contribution < 1.29 is 38.1 Å². The third kappa shape index (κ3) is 5.49. The van der Waals surface area contributed by atoms with Gasteiger partial charge in [-0.3, -0.25) is 23.4 Å². The average Bonchev–Trinajstić information content (AvgIpc) is 3.71. The number of imidazole rings is 2. The normalized spacial score (nSPS) is 30.8. The summed E-state index contributed by atoms with van der Waals surface area (Å²) in [7, 11) is 0. The molecule has 18 nitrogen and oxygen atoms in total. The van der Waals surface area contributed by atoms with Crippen LogP contribution < -0.4 is 17.0 Å². The highest BCUT2D eigenvalue weighted by molar-refractivity contribution is 8.44. The number of alkyl halides is 1. The zero-order valence-electron chi connectivity index (χ0n) is 21.8. The summed E-state index contributed by atoms with van der Waals surface area (Å²) < 4.78 is 47.8. The van der Waals surface area contributed by atoms with E-state index in [-0.39, 0.29) is 47.1 Å². The molecule has 9 atom stereocenters. The number of halogens is 1. The van der Waals surface area contributed by atoms with Crippen LogP contribution in [-0.4, -0.2) is 103 Å². The molecule has 0 saturated carbocycles. The van der Waals surface area contributed by atoms with Crippen LogP contribution in [0.3, 0.4) is 0 Å². The maximum absolute atomic E-state index is 15.1. The van der Waals surface area contributed by atoms with Crippen LogP contribution in [0, 0.1) is 0 Å². The van der Waals surface area contributed by atoms with Gasteiger partial charge < -0.3 is 36.0 Å². The largest absolute Gasteiger partial charge is 0.395 e. The summed E-state index contributed by atoms with van der Waals surface area (Å²) in [4.78, 5) is 34.7. The number of nitrogens with two attached hydrogens (primary N) is 2. The fourth-order valence-electron chi connectivity index (χ4n) is 5.03. The molecule has 2 fully saturated rings. The van der Waals surface area contributed by atoms with Gasteiger partial charge in [-0.1, -0.05) is 12.2 Å². The number of thioether (sulfide) groups is 1. The van der Waals surface area contributed by atoms with Crippen LogP contribution in [0.4, 0.5) is 16.2 Å². The van der Waals surface area contributed by atoms with Crippen LogP contribution in [0.15, 0.2) is 23.8 Å². The number of hydrogen-bond donors (Lipinski definition) is 7. The second-order valence-electron chi connectivity index (χ2n) is 9.76. The lowest BCUT2D eigenvalue weighted by molar-refractivity contribution is -0.0320. The first-order valence-electron chi connectivity index (χ1n) is 12.7. The van der Waals surface area contributed by atoms with Crippen LogP contribution in [0.5, 0.6) is 0 Å². The molecule has 0 spiro atoms. The van der Waals surface area contributed by atoms with E-state index in [1.54, 1.807) is 0 Å². The van der Waals surface area contributed by atoms with Crippen LogP contribution >= 0.6 is 30.8 Å². The molecule has 6 heterocycles. The minimum atomic E-state index is -4.21. The second-order valence-corrected chi connectivity index (χ2v) is 14.0. The van der Waals surface area contributed by atoms with E-state index in [0.717, 1.165) is 11.8 Å². The molecule has 2 saturated heterocycles. The molecule has 4 aromatic heterocycles. The van der Waals surface area contributed by atoms with Crippen LogP contribution in [0.25, 0.3) is 22.3 Å². The molecule has 0 amide bonds. The van der Waals surface area contributed by atoms with Gasteiger partial charge in [0.25, 0.3) is 5.56 Å². The zero-order chi connectivity index (χ0) is 30.6.